The van der Waals surface area contributed by atoms with Crippen molar-refractivity contribution < 1.29 is 9.90 Å². The third-order valence-electron chi connectivity index (χ3n) is 6.24. The maximum Gasteiger partial charge on any atom is 0.223 e. The van der Waals surface area contributed by atoms with Crippen molar-refractivity contribution in [3.63, 3.8) is 0 Å². The lowest BCUT2D eigenvalue weighted by atomic mass is 10.2. The van der Waals surface area contributed by atoms with Gasteiger partial charge in [0.05, 0.1) is 6.61 Å². The highest BCUT2D eigenvalue weighted by atomic mass is 32.1. The molecule has 0 saturated carbocycles. The van der Waals surface area contributed by atoms with Gasteiger partial charge in [-0.2, -0.15) is 0 Å². The molecular formula is C22H32N6O2S. The van der Waals surface area contributed by atoms with Crippen molar-refractivity contribution in [3.8, 4) is 0 Å². The Hall–Kier alpha value is -2.23. The molecule has 4 heterocycles. The Morgan fingerprint density at radius 3 is 2.10 bits per heavy atom. The lowest BCUT2D eigenvalue weighted by Crippen LogP contribution is -2.49. The first-order valence-electron chi connectivity index (χ1n) is 11.1. The van der Waals surface area contributed by atoms with Gasteiger partial charge < -0.3 is 19.8 Å². The van der Waals surface area contributed by atoms with E-state index in [-0.39, 0.29) is 12.5 Å². The number of aliphatic hydroxyl groups is 1. The average molecular weight is 445 g/mol. The van der Waals surface area contributed by atoms with Crippen molar-refractivity contribution >= 4 is 28.9 Å². The van der Waals surface area contributed by atoms with E-state index in [0.717, 1.165) is 77.0 Å². The van der Waals surface area contributed by atoms with Crippen LogP contribution in [-0.2, 0) is 11.2 Å². The fourth-order valence-corrected chi connectivity index (χ4v) is 5.13. The molecule has 0 aliphatic carbocycles. The number of β-amino-alcohol motifs (C(OH)–C–C–N with tert-alkyl or cyclic N) is 1. The summed E-state index contributed by atoms with van der Waals surface area (Å²) in [6, 6.07) is 6.21. The van der Waals surface area contributed by atoms with Crippen molar-refractivity contribution in [2.75, 3.05) is 75.3 Å². The van der Waals surface area contributed by atoms with E-state index in [1.54, 1.807) is 11.3 Å². The minimum atomic E-state index is 0.210. The number of rotatable bonds is 7. The molecule has 2 aromatic rings. The quantitative estimate of drug-likeness (QED) is 0.689. The van der Waals surface area contributed by atoms with Gasteiger partial charge in [0.25, 0.3) is 0 Å². The van der Waals surface area contributed by atoms with Gasteiger partial charge in [-0.15, -0.1) is 21.5 Å². The molecule has 0 aromatic carbocycles. The lowest BCUT2D eigenvalue weighted by molar-refractivity contribution is -0.131. The third kappa shape index (κ3) is 5.53. The normalized spacial score (nSPS) is 17.9. The minimum absolute atomic E-state index is 0.210. The van der Waals surface area contributed by atoms with Gasteiger partial charge in [-0.05, 0) is 42.5 Å². The highest BCUT2D eigenvalue weighted by molar-refractivity contribution is 7.10. The van der Waals surface area contributed by atoms with E-state index in [9.17, 15) is 4.79 Å². The van der Waals surface area contributed by atoms with Crippen LogP contribution in [0.5, 0.6) is 0 Å². The number of amides is 1. The number of thiophene rings is 1. The number of piperazine rings is 2. The maximum atomic E-state index is 12.6. The van der Waals surface area contributed by atoms with E-state index < -0.39 is 0 Å². The molecule has 2 aliphatic heterocycles. The Balaban J connectivity index is 1.23. The van der Waals surface area contributed by atoms with Crippen LogP contribution in [0, 0.1) is 6.92 Å². The number of hydrogen-bond donors (Lipinski definition) is 1. The van der Waals surface area contributed by atoms with Crippen LogP contribution in [0.15, 0.2) is 23.6 Å². The summed E-state index contributed by atoms with van der Waals surface area (Å²) < 4.78 is 0. The summed E-state index contributed by atoms with van der Waals surface area (Å²) in [5.74, 6) is 2.03. The molecular weight excluding hydrogens is 412 g/mol. The predicted molar refractivity (Wildman–Crippen MR) is 124 cm³/mol. The molecule has 1 amide bonds. The van der Waals surface area contributed by atoms with Crippen LogP contribution >= 0.6 is 11.3 Å². The summed E-state index contributed by atoms with van der Waals surface area (Å²) in [5.41, 5.74) is 1.29. The fraction of sp³-hybridized carbons (Fsp3) is 0.591. The molecule has 0 spiro atoms. The summed E-state index contributed by atoms with van der Waals surface area (Å²) in [4.78, 5) is 22.6. The fourth-order valence-electron chi connectivity index (χ4n) is 4.22. The van der Waals surface area contributed by atoms with Crippen LogP contribution in [0.4, 0.5) is 11.6 Å². The molecule has 4 rings (SSSR count). The lowest BCUT2D eigenvalue weighted by Gasteiger charge is -2.36. The summed E-state index contributed by atoms with van der Waals surface area (Å²) in [5, 5.41) is 20.1. The molecule has 8 nitrogen and oxygen atoms in total. The molecule has 31 heavy (non-hydrogen) atoms. The van der Waals surface area contributed by atoms with Crippen molar-refractivity contribution in [2.24, 2.45) is 0 Å². The van der Waals surface area contributed by atoms with Crippen LogP contribution < -0.4 is 9.80 Å². The molecule has 1 N–H and O–H groups in total. The second-order valence-electron chi connectivity index (χ2n) is 8.20. The van der Waals surface area contributed by atoms with Crippen LogP contribution in [0.1, 0.15) is 16.9 Å². The van der Waals surface area contributed by atoms with E-state index in [4.69, 9.17) is 5.11 Å². The smallest absolute Gasteiger partial charge is 0.223 e. The number of hydrogen-bond acceptors (Lipinski definition) is 8. The molecule has 9 heteroatoms. The average Bonchev–Trinajstić information content (AvgIpc) is 3.23. The van der Waals surface area contributed by atoms with Gasteiger partial charge in [0, 0.05) is 70.2 Å². The zero-order valence-electron chi connectivity index (χ0n) is 18.2. The number of anilines is 2. The van der Waals surface area contributed by atoms with Crippen molar-refractivity contribution in [1.82, 2.24) is 20.0 Å². The standard InChI is InChI=1S/C22H32N6O2S/c1-18-6-17-31-19(18)2-5-22(30)28-13-11-27(12-14-28)21-4-3-20(23-24-21)26-9-7-25(8-10-26)15-16-29/h3-4,6,17,29H,2,5,7-16H2,1H3. The Bertz CT molecular complexity index is 842. The molecule has 0 atom stereocenters. The number of aryl methyl sites for hydroxylation is 2. The zero-order valence-corrected chi connectivity index (χ0v) is 19.1. The van der Waals surface area contributed by atoms with Gasteiger partial charge >= 0.3 is 0 Å². The van der Waals surface area contributed by atoms with Gasteiger partial charge in [0.1, 0.15) is 0 Å². The molecule has 168 valence electrons. The van der Waals surface area contributed by atoms with E-state index in [1.165, 1.54) is 10.4 Å². The second kappa shape index (κ2) is 10.4. The van der Waals surface area contributed by atoms with E-state index in [2.05, 4.69) is 43.3 Å². The van der Waals surface area contributed by atoms with E-state index >= 15 is 0 Å². The van der Waals surface area contributed by atoms with Gasteiger partial charge in [-0.1, -0.05) is 0 Å². The molecule has 2 aromatic heterocycles. The molecule has 2 fully saturated rings. The Labute approximate surface area is 188 Å². The van der Waals surface area contributed by atoms with Gasteiger partial charge in [-0.25, -0.2) is 0 Å². The van der Waals surface area contributed by atoms with Crippen molar-refractivity contribution in [1.29, 1.82) is 0 Å². The second-order valence-corrected chi connectivity index (χ2v) is 9.20. The summed E-state index contributed by atoms with van der Waals surface area (Å²) >= 11 is 1.74. The Morgan fingerprint density at radius 2 is 1.58 bits per heavy atom. The molecule has 0 bridgehead atoms. The topological polar surface area (TPSA) is 76.0 Å². The number of aliphatic hydroxyl groups excluding tert-OH is 1. The first kappa shape index (κ1) is 22.0. The SMILES string of the molecule is Cc1ccsc1CCC(=O)N1CCN(c2ccc(N3CCN(CCO)CC3)nn2)CC1. The van der Waals surface area contributed by atoms with E-state index in [1.807, 2.05) is 17.0 Å². The largest absolute Gasteiger partial charge is 0.395 e. The maximum absolute atomic E-state index is 12.6. The molecule has 0 radical (unpaired) electrons. The van der Waals surface area contributed by atoms with Crippen LogP contribution in [0.2, 0.25) is 0 Å². The third-order valence-corrected chi connectivity index (χ3v) is 7.32. The van der Waals surface area contributed by atoms with Crippen molar-refractivity contribution in [3.05, 3.63) is 34.0 Å². The van der Waals surface area contributed by atoms with Crippen molar-refractivity contribution in [2.45, 2.75) is 19.8 Å². The monoisotopic (exact) mass is 444 g/mol. The summed E-state index contributed by atoms with van der Waals surface area (Å²) in [6.45, 7) is 9.78. The number of carbonyl (C=O) groups is 1. The number of aromatic nitrogens is 2. The summed E-state index contributed by atoms with van der Waals surface area (Å²) in [6.07, 6.45) is 1.42. The molecule has 0 unspecified atom stereocenters. The first-order valence-corrected chi connectivity index (χ1v) is 12.0. The summed E-state index contributed by atoms with van der Waals surface area (Å²) in [7, 11) is 0. The van der Waals surface area contributed by atoms with E-state index in [0.29, 0.717) is 6.42 Å². The molecule has 2 aliphatic rings. The highest BCUT2D eigenvalue weighted by Gasteiger charge is 2.23. The highest BCUT2D eigenvalue weighted by Crippen LogP contribution is 2.20. The molecule has 2 saturated heterocycles. The van der Waals surface area contributed by atoms with Crippen LogP contribution in [0.3, 0.4) is 0 Å². The predicted octanol–water partition coefficient (Wildman–Crippen LogP) is 1.24. The van der Waals surface area contributed by atoms with Crippen LogP contribution in [-0.4, -0.2) is 96.5 Å². The Morgan fingerprint density at radius 1 is 0.968 bits per heavy atom. The van der Waals surface area contributed by atoms with Gasteiger partial charge in [0.15, 0.2) is 11.6 Å². The minimum Gasteiger partial charge on any atom is -0.395 e. The first-order chi connectivity index (χ1) is 15.1. The van der Waals surface area contributed by atoms with Gasteiger partial charge in [-0.3, -0.25) is 9.69 Å². The number of carbonyl (C=O) groups excluding carboxylic acids is 1. The van der Waals surface area contributed by atoms with Gasteiger partial charge in [0.2, 0.25) is 5.91 Å². The Kier molecular flexibility index (Phi) is 7.37. The zero-order chi connectivity index (χ0) is 21.6. The van der Waals surface area contributed by atoms with Crippen LogP contribution in [0.25, 0.3) is 0 Å². The number of nitrogens with zero attached hydrogens (tertiary/aromatic N) is 6.